The SMILES string of the molecule is CC(C)CC(=O)N(Cc1ccc(F)cc1F)CC1CC(c2ccc3c(c2)OCO3)=NO1. The van der Waals surface area contributed by atoms with Crippen molar-refractivity contribution in [2.45, 2.75) is 39.3 Å². The molecule has 1 unspecified atom stereocenters. The van der Waals surface area contributed by atoms with E-state index in [1.165, 1.54) is 12.1 Å². The Morgan fingerprint density at radius 3 is 2.74 bits per heavy atom. The summed E-state index contributed by atoms with van der Waals surface area (Å²) in [5, 5.41) is 4.18. The van der Waals surface area contributed by atoms with Gasteiger partial charge in [0.2, 0.25) is 12.7 Å². The summed E-state index contributed by atoms with van der Waals surface area (Å²) in [5.41, 5.74) is 1.86. The van der Waals surface area contributed by atoms with Crippen LogP contribution in [0.2, 0.25) is 0 Å². The predicted octanol–water partition coefficient (Wildman–Crippen LogP) is 4.26. The second-order valence-electron chi connectivity index (χ2n) is 8.15. The quantitative estimate of drug-likeness (QED) is 0.659. The molecular formula is C23H24F2N2O4. The van der Waals surface area contributed by atoms with Crippen molar-refractivity contribution < 1.29 is 27.9 Å². The first kappa shape index (κ1) is 21.1. The summed E-state index contributed by atoms with van der Waals surface area (Å²) >= 11 is 0. The average Bonchev–Trinajstić information content (AvgIpc) is 3.37. The number of hydrogen-bond donors (Lipinski definition) is 0. The van der Waals surface area contributed by atoms with Crippen molar-refractivity contribution in [2.75, 3.05) is 13.3 Å². The summed E-state index contributed by atoms with van der Waals surface area (Å²) in [6.45, 7) is 4.37. The zero-order valence-electron chi connectivity index (χ0n) is 17.4. The summed E-state index contributed by atoms with van der Waals surface area (Å²) < 4.78 is 38.2. The van der Waals surface area contributed by atoms with Gasteiger partial charge < -0.3 is 19.2 Å². The van der Waals surface area contributed by atoms with E-state index in [0.717, 1.165) is 17.3 Å². The molecule has 2 heterocycles. The lowest BCUT2D eigenvalue weighted by atomic mass is 10.0. The van der Waals surface area contributed by atoms with Crippen molar-refractivity contribution in [2.24, 2.45) is 11.1 Å². The lowest BCUT2D eigenvalue weighted by Crippen LogP contribution is -2.38. The molecule has 0 fully saturated rings. The van der Waals surface area contributed by atoms with Crippen LogP contribution in [0.5, 0.6) is 11.5 Å². The fraction of sp³-hybridized carbons (Fsp3) is 0.391. The first-order valence-corrected chi connectivity index (χ1v) is 10.2. The molecule has 1 atom stereocenters. The van der Waals surface area contributed by atoms with E-state index < -0.39 is 11.6 Å². The molecular weight excluding hydrogens is 406 g/mol. The van der Waals surface area contributed by atoms with Crippen molar-refractivity contribution in [3.05, 3.63) is 59.2 Å². The molecule has 0 saturated carbocycles. The first-order valence-electron chi connectivity index (χ1n) is 10.2. The number of benzene rings is 2. The summed E-state index contributed by atoms with van der Waals surface area (Å²) in [5.74, 6) is 0.0572. The first-order chi connectivity index (χ1) is 14.9. The van der Waals surface area contributed by atoms with Crippen LogP contribution in [0.3, 0.4) is 0 Å². The number of oxime groups is 1. The van der Waals surface area contributed by atoms with Crippen LogP contribution < -0.4 is 9.47 Å². The number of fused-ring (bicyclic) bond motifs is 1. The highest BCUT2D eigenvalue weighted by Crippen LogP contribution is 2.33. The van der Waals surface area contributed by atoms with Gasteiger partial charge in [0.1, 0.15) is 11.6 Å². The number of rotatable bonds is 7. The summed E-state index contributed by atoms with van der Waals surface area (Å²) in [7, 11) is 0. The van der Waals surface area contributed by atoms with Gasteiger partial charge in [-0.1, -0.05) is 25.1 Å². The molecule has 0 spiro atoms. The molecule has 4 rings (SSSR count). The van der Waals surface area contributed by atoms with Gasteiger partial charge in [0.15, 0.2) is 17.6 Å². The van der Waals surface area contributed by atoms with Gasteiger partial charge in [-0.05, 0) is 30.2 Å². The zero-order valence-corrected chi connectivity index (χ0v) is 17.4. The summed E-state index contributed by atoms with van der Waals surface area (Å²) in [4.78, 5) is 19.9. The highest BCUT2D eigenvalue weighted by molar-refractivity contribution is 6.01. The number of halogens is 2. The van der Waals surface area contributed by atoms with Crippen LogP contribution in [-0.4, -0.2) is 36.0 Å². The van der Waals surface area contributed by atoms with Crippen LogP contribution in [0.25, 0.3) is 0 Å². The standard InChI is InChI=1S/C23H24F2N2O4/c1-14(2)7-23(28)27(11-16-3-5-17(24)9-19(16)25)12-18-10-20(26-31-18)15-4-6-21-22(8-15)30-13-29-21/h3-6,8-9,14,18H,7,10-13H2,1-2H3. The number of hydrogen-bond acceptors (Lipinski definition) is 5. The Morgan fingerprint density at radius 2 is 1.97 bits per heavy atom. The molecule has 0 radical (unpaired) electrons. The molecule has 0 saturated heterocycles. The molecule has 6 nitrogen and oxygen atoms in total. The minimum atomic E-state index is -0.674. The van der Waals surface area contributed by atoms with Gasteiger partial charge in [-0.15, -0.1) is 0 Å². The Morgan fingerprint density at radius 1 is 1.16 bits per heavy atom. The number of nitrogens with zero attached hydrogens (tertiary/aromatic N) is 2. The topological polar surface area (TPSA) is 60.4 Å². The van der Waals surface area contributed by atoms with Crippen LogP contribution in [0.4, 0.5) is 8.78 Å². The lowest BCUT2D eigenvalue weighted by molar-refractivity contribution is -0.134. The van der Waals surface area contributed by atoms with Crippen molar-refractivity contribution >= 4 is 11.6 Å². The second-order valence-corrected chi connectivity index (χ2v) is 8.15. The molecule has 31 heavy (non-hydrogen) atoms. The molecule has 0 aliphatic carbocycles. The lowest BCUT2D eigenvalue weighted by Gasteiger charge is -2.26. The third-order valence-electron chi connectivity index (χ3n) is 5.17. The molecule has 0 N–H and O–H groups in total. The highest BCUT2D eigenvalue weighted by atomic mass is 19.1. The van der Waals surface area contributed by atoms with Crippen LogP contribution >= 0.6 is 0 Å². The molecule has 2 aromatic carbocycles. The van der Waals surface area contributed by atoms with E-state index in [0.29, 0.717) is 24.3 Å². The normalized spacial score (nSPS) is 16.9. The van der Waals surface area contributed by atoms with Gasteiger partial charge in [0.25, 0.3) is 0 Å². The Bertz CT molecular complexity index is 1010. The average molecular weight is 430 g/mol. The van der Waals surface area contributed by atoms with Crippen LogP contribution in [0.1, 0.15) is 37.8 Å². The molecule has 164 valence electrons. The zero-order chi connectivity index (χ0) is 22.0. The predicted molar refractivity (Wildman–Crippen MR) is 110 cm³/mol. The monoisotopic (exact) mass is 430 g/mol. The van der Waals surface area contributed by atoms with Gasteiger partial charge in [-0.2, -0.15) is 0 Å². The number of carbonyl (C=O) groups excluding carboxylic acids is 1. The molecule has 8 heteroatoms. The van der Waals surface area contributed by atoms with Gasteiger partial charge in [0, 0.05) is 36.6 Å². The van der Waals surface area contributed by atoms with Crippen molar-refractivity contribution in [3.63, 3.8) is 0 Å². The Labute approximate surface area is 179 Å². The van der Waals surface area contributed by atoms with Gasteiger partial charge >= 0.3 is 0 Å². The Kier molecular flexibility index (Phi) is 6.06. The van der Waals surface area contributed by atoms with Gasteiger partial charge in [-0.3, -0.25) is 4.79 Å². The molecule has 1 amide bonds. The number of amides is 1. The smallest absolute Gasteiger partial charge is 0.231 e. The van der Waals surface area contributed by atoms with Crippen molar-refractivity contribution in [1.82, 2.24) is 4.90 Å². The van der Waals surface area contributed by atoms with E-state index in [1.807, 2.05) is 32.0 Å². The van der Waals surface area contributed by atoms with E-state index in [-0.39, 0.29) is 43.4 Å². The maximum Gasteiger partial charge on any atom is 0.231 e. The number of carbonyl (C=O) groups is 1. The van der Waals surface area contributed by atoms with E-state index in [4.69, 9.17) is 14.3 Å². The third kappa shape index (κ3) is 4.95. The third-order valence-corrected chi connectivity index (χ3v) is 5.17. The van der Waals surface area contributed by atoms with E-state index >= 15 is 0 Å². The maximum absolute atomic E-state index is 14.2. The minimum absolute atomic E-state index is 0.0386. The van der Waals surface area contributed by atoms with Gasteiger partial charge in [-0.25, -0.2) is 8.78 Å². The van der Waals surface area contributed by atoms with Crippen LogP contribution in [0.15, 0.2) is 41.6 Å². The molecule has 2 aromatic rings. The van der Waals surface area contributed by atoms with Crippen molar-refractivity contribution in [3.8, 4) is 11.5 Å². The minimum Gasteiger partial charge on any atom is -0.454 e. The van der Waals surface area contributed by atoms with Gasteiger partial charge in [0.05, 0.1) is 12.3 Å². The van der Waals surface area contributed by atoms with E-state index in [9.17, 15) is 13.6 Å². The number of ether oxygens (including phenoxy) is 2. The molecule has 2 aliphatic heterocycles. The van der Waals surface area contributed by atoms with E-state index in [2.05, 4.69) is 5.16 Å². The molecule has 0 bridgehead atoms. The van der Waals surface area contributed by atoms with Crippen LogP contribution in [-0.2, 0) is 16.2 Å². The molecule has 2 aliphatic rings. The molecule has 0 aromatic heterocycles. The Hall–Kier alpha value is -3.16. The maximum atomic E-state index is 14.2. The largest absolute Gasteiger partial charge is 0.454 e. The fourth-order valence-corrected chi connectivity index (χ4v) is 3.61. The second kappa shape index (κ2) is 8.91. The summed E-state index contributed by atoms with van der Waals surface area (Å²) in [6, 6.07) is 8.94. The fourth-order valence-electron chi connectivity index (χ4n) is 3.61. The van der Waals surface area contributed by atoms with Crippen molar-refractivity contribution in [1.29, 1.82) is 0 Å². The van der Waals surface area contributed by atoms with Crippen LogP contribution in [0, 0.1) is 17.6 Å². The summed E-state index contributed by atoms with van der Waals surface area (Å²) in [6.07, 6.45) is 0.461. The van der Waals surface area contributed by atoms with E-state index in [1.54, 1.807) is 4.90 Å². The highest BCUT2D eigenvalue weighted by Gasteiger charge is 2.28. The Balaban J connectivity index is 1.45.